The summed E-state index contributed by atoms with van der Waals surface area (Å²) >= 11 is 0. The molecule has 0 fully saturated rings. The summed E-state index contributed by atoms with van der Waals surface area (Å²) in [5.41, 5.74) is -7.70. The SMILES string of the molecule is Cc1c(F)c(F)cc(-n2ncc(C#N)c2Nc2c([N+](=O)[O-])cc(C(F)(F)F)cc2[N+](=O)[O-])c1F. The minimum absolute atomic E-state index is 0.0182. The second-order valence-corrected chi connectivity index (χ2v) is 6.59. The molecule has 0 aliphatic rings. The van der Waals surface area contributed by atoms with Crippen LogP contribution in [0.3, 0.4) is 0 Å². The van der Waals surface area contributed by atoms with E-state index in [1.54, 1.807) is 6.07 Å². The second-order valence-electron chi connectivity index (χ2n) is 6.59. The molecule has 0 amide bonds. The van der Waals surface area contributed by atoms with Crippen molar-refractivity contribution in [1.82, 2.24) is 9.78 Å². The summed E-state index contributed by atoms with van der Waals surface area (Å²) < 4.78 is 82.0. The second kappa shape index (κ2) is 8.35. The number of nitro groups is 2. The van der Waals surface area contributed by atoms with Crippen LogP contribution in [-0.2, 0) is 6.18 Å². The summed E-state index contributed by atoms with van der Waals surface area (Å²) in [5.74, 6) is -5.11. The molecule has 1 heterocycles. The summed E-state index contributed by atoms with van der Waals surface area (Å²) in [4.78, 5) is 20.2. The first-order valence-corrected chi connectivity index (χ1v) is 8.71. The van der Waals surface area contributed by atoms with E-state index in [0.29, 0.717) is 10.7 Å². The third-order valence-electron chi connectivity index (χ3n) is 4.54. The Kier molecular flexibility index (Phi) is 5.89. The molecule has 0 bridgehead atoms. The molecular weight excluding hydrogens is 478 g/mol. The van der Waals surface area contributed by atoms with E-state index in [9.17, 15) is 51.8 Å². The first kappa shape index (κ1) is 24.0. The highest BCUT2D eigenvalue weighted by Gasteiger charge is 2.38. The zero-order valence-corrected chi connectivity index (χ0v) is 16.4. The summed E-state index contributed by atoms with van der Waals surface area (Å²) in [7, 11) is 0. The molecule has 1 N–H and O–H groups in total. The number of nitrogens with one attached hydrogen (secondary N) is 1. The highest BCUT2D eigenvalue weighted by atomic mass is 19.4. The summed E-state index contributed by atoms with van der Waals surface area (Å²) in [6.45, 7) is 0.880. The quantitative estimate of drug-likeness (QED) is 0.230. The van der Waals surface area contributed by atoms with E-state index in [-0.39, 0.29) is 12.1 Å². The molecule has 2 aromatic carbocycles. The molecule has 3 rings (SSSR count). The van der Waals surface area contributed by atoms with Crippen LogP contribution < -0.4 is 5.32 Å². The first-order valence-electron chi connectivity index (χ1n) is 8.71. The minimum atomic E-state index is -5.18. The van der Waals surface area contributed by atoms with Gasteiger partial charge >= 0.3 is 6.18 Å². The van der Waals surface area contributed by atoms with Crippen molar-refractivity contribution in [2.75, 3.05) is 5.32 Å². The van der Waals surface area contributed by atoms with Crippen LogP contribution in [0.15, 0.2) is 24.4 Å². The van der Waals surface area contributed by atoms with Crippen molar-refractivity contribution in [1.29, 1.82) is 5.26 Å². The van der Waals surface area contributed by atoms with Crippen LogP contribution in [0.5, 0.6) is 0 Å². The fourth-order valence-electron chi connectivity index (χ4n) is 2.91. The normalized spacial score (nSPS) is 11.2. The Bertz CT molecular complexity index is 1360. The van der Waals surface area contributed by atoms with Gasteiger partial charge in [-0.3, -0.25) is 20.2 Å². The van der Waals surface area contributed by atoms with Crippen LogP contribution in [-0.4, -0.2) is 19.6 Å². The van der Waals surface area contributed by atoms with Crippen molar-refractivity contribution in [2.24, 2.45) is 0 Å². The predicted molar refractivity (Wildman–Crippen MR) is 101 cm³/mol. The highest BCUT2D eigenvalue weighted by molar-refractivity contribution is 5.81. The Morgan fingerprint density at radius 3 is 2.09 bits per heavy atom. The fraction of sp³-hybridized carbons (Fsp3) is 0.111. The van der Waals surface area contributed by atoms with Crippen molar-refractivity contribution >= 4 is 22.9 Å². The molecule has 10 nitrogen and oxygen atoms in total. The van der Waals surface area contributed by atoms with E-state index in [2.05, 4.69) is 10.4 Å². The van der Waals surface area contributed by atoms with Gasteiger partial charge in [0.1, 0.15) is 17.3 Å². The average molecular weight is 486 g/mol. The average Bonchev–Trinajstić information content (AvgIpc) is 3.15. The molecule has 176 valence electrons. The van der Waals surface area contributed by atoms with Gasteiger partial charge in [0.25, 0.3) is 11.4 Å². The van der Waals surface area contributed by atoms with Gasteiger partial charge < -0.3 is 5.32 Å². The van der Waals surface area contributed by atoms with Crippen LogP contribution >= 0.6 is 0 Å². The number of nitriles is 1. The van der Waals surface area contributed by atoms with Crippen molar-refractivity contribution in [3.63, 3.8) is 0 Å². The maximum Gasteiger partial charge on any atom is 0.416 e. The molecular formula is C18H8F6N6O4. The number of hydrogen-bond donors (Lipinski definition) is 1. The van der Waals surface area contributed by atoms with Crippen LogP contribution in [0, 0.1) is 55.9 Å². The minimum Gasteiger partial charge on any atom is -0.328 e. The molecule has 34 heavy (non-hydrogen) atoms. The maximum absolute atomic E-state index is 14.6. The molecule has 0 aliphatic heterocycles. The number of rotatable bonds is 5. The first-order chi connectivity index (χ1) is 15.8. The summed E-state index contributed by atoms with van der Waals surface area (Å²) in [6, 6.07) is 1.92. The van der Waals surface area contributed by atoms with Crippen LogP contribution in [0.25, 0.3) is 5.69 Å². The molecule has 0 aliphatic carbocycles. The molecule has 0 radical (unpaired) electrons. The predicted octanol–water partition coefficient (Wildman–Crippen LogP) is 5.05. The molecule has 3 aromatic rings. The zero-order valence-electron chi connectivity index (χ0n) is 16.4. The molecule has 16 heteroatoms. The lowest BCUT2D eigenvalue weighted by Crippen LogP contribution is -2.12. The lowest BCUT2D eigenvalue weighted by Gasteiger charge is -2.14. The lowest BCUT2D eigenvalue weighted by molar-refractivity contribution is -0.392. The number of nitro benzene ring substituents is 2. The number of alkyl halides is 3. The monoisotopic (exact) mass is 486 g/mol. The van der Waals surface area contributed by atoms with Gasteiger partial charge in [-0.1, -0.05) is 0 Å². The Labute approximate surface area is 183 Å². The van der Waals surface area contributed by atoms with Crippen LogP contribution in [0.2, 0.25) is 0 Å². The number of nitrogens with zero attached hydrogens (tertiary/aromatic N) is 5. The van der Waals surface area contributed by atoms with Crippen LogP contribution in [0.4, 0.5) is 49.2 Å². The topological polar surface area (TPSA) is 140 Å². The number of halogens is 6. The van der Waals surface area contributed by atoms with Crippen molar-refractivity contribution in [3.8, 4) is 11.8 Å². The number of hydrogen-bond acceptors (Lipinski definition) is 7. The van der Waals surface area contributed by atoms with Crippen molar-refractivity contribution < 1.29 is 36.2 Å². The Morgan fingerprint density at radius 2 is 1.62 bits per heavy atom. The lowest BCUT2D eigenvalue weighted by atomic mass is 10.1. The van der Waals surface area contributed by atoms with Crippen molar-refractivity contribution in [3.05, 3.63) is 78.8 Å². The molecule has 0 spiro atoms. The Balaban J connectivity index is 2.32. The van der Waals surface area contributed by atoms with E-state index in [0.717, 1.165) is 13.1 Å². The van der Waals surface area contributed by atoms with E-state index in [4.69, 9.17) is 0 Å². The van der Waals surface area contributed by atoms with E-state index in [1.807, 2.05) is 0 Å². The van der Waals surface area contributed by atoms with Gasteiger partial charge in [-0.25, -0.2) is 17.9 Å². The molecule has 0 unspecified atom stereocenters. The Morgan fingerprint density at radius 1 is 1.06 bits per heavy atom. The number of benzene rings is 2. The maximum atomic E-state index is 14.6. The Hall–Kier alpha value is -4.68. The zero-order chi connectivity index (χ0) is 25.5. The summed E-state index contributed by atoms with van der Waals surface area (Å²) in [5, 5.41) is 37.9. The molecule has 1 aromatic heterocycles. The molecule has 0 saturated heterocycles. The van der Waals surface area contributed by atoms with Crippen molar-refractivity contribution in [2.45, 2.75) is 13.1 Å². The van der Waals surface area contributed by atoms with Gasteiger partial charge in [0, 0.05) is 23.8 Å². The largest absolute Gasteiger partial charge is 0.416 e. The standard InChI is InChI=1S/C18H8F6N6O4/c1-7-14(20)10(19)4-11(15(7)21)28-17(8(5-25)6-26-28)27-16-12(29(31)32)2-9(18(22,23)24)3-13(16)30(33)34/h2-4,6,27H,1H3. The van der Waals surface area contributed by atoms with E-state index < -0.39 is 78.7 Å². The van der Waals surface area contributed by atoms with Gasteiger partial charge in [-0.05, 0) is 6.92 Å². The van der Waals surface area contributed by atoms with Gasteiger partial charge in [0.05, 0.1) is 21.6 Å². The fourth-order valence-corrected chi connectivity index (χ4v) is 2.91. The van der Waals surface area contributed by atoms with Crippen LogP contribution in [0.1, 0.15) is 16.7 Å². The summed E-state index contributed by atoms with van der Waals surface area (Å²) in [6.07, 6.45) is -4.42. The number of anilines is 2. The third kappa shape index (κ3) is 4.05. The van der Waals surface area contributed by atoms with E-state index in [1.165, 1.54) is 0 Å². The molecule has 0 atom stereocenters. The van der Waals surface area contributed by atoms with E-state index >= 15 is 0 Å². The van der Waals surface area contributed by atoms with Gasteiger partial charge in [0.2, 0.25) is 0 Å². The van der Waals surface area contributed by atoms with Gasteiger partial charge in [-0.15, -0.1) is 0 Å². The smallest absolute Gasteiger partial charge is 0.328 e. The van der Waals surface area contributed by atoms with Gasteiger partial charge in [0.15, 0.2) is 29.0 Å². The molecule has 0 saturated carbocycles. The number of aromatic nitrogens is 2. The highest BCUT2D eigenvalue weighted by Crippen LogP contribution is 2.43. The third-order valence-corrected chi connectivity index (χ3v) is 4.54. The van der Waals surface area contributed by atoms with Gasteiger partial charge in [-0.2, -0.15) is 23.5 Å².